The molecule has 0 saturated heterocycles. The molecule has 0 bridgehead atoms. The molecule has 0 aromatic heterocycles. The normalized spacial score (nSPS) is 12.6. The molecule has 0 radical (unpaired) electrons. The van der Waals surface area contributed by atoms with Gasteiger partial charge in [-0.3, -0.25) is 4.79 Å². The number of hydrogen-bond acceptors (Lipinski definition) is 3. The zero-order chi connectivity index (χ0) is 17.6. The van der Waals surface area contributed by atoms with E-state index in [9.17, 15) is 19.1 Å². The minimum absolute atomic E-state index is 0.0226. The molecule has 128 valence electrons. The predicted molar refractivity (Wildman–Crippen MR) is 84.8 cm³/mol. The average molecular weight is 325 g/mol. The lowest BCUT2D eigenvalue weighted by Crippen LogP contribution is -2.33. The Hall–Kier alpha value is -2.11. The number of carbonyl (C=O) groups excluding carboxylic acids is 1. The van der Waals surface area contributed by atoms with Gasteiger partial charge in [-0.25, -0.2) is 9.18 Å². The second kappa shape index (κ2) is 7.94. The number of benzene rings is 1. The van der Waals surface area contributed by atoms with E-state index in [2.05, 4.69) is 26.1 Å². The van der Waals surface area contributed by atoms with Gasteiger partial charge in [0.2, 0.25) is 5.91 Å². The van der Waals surface area contributed by atoms with E-state index in [4.69, 9.17) is 4.74 Å². The molecule has 6 heteroatoms. The number of methoxy groups -OCH3 is 1. The number of aliphatic carboxylic acids is 1. The molecule has 1 unspecified atom stereocenters. The molecule has 0 aliphatic carbocycles. The smallest absolute Gasteiger partial charge is 0.330 e. The first-order valence-corrected chi connectivity index (χ1v) is 7.49. The molecule has 2 N–H and O–H groups in total. The number of carboxylic acids is 1. The van der Waals surface area contributed by atoms with Crippen molar-refractivity contribution in [1.82, 2.24) is 5.32 Å². The fourth-order valence-corrected chi connectivity index (χ4v) is 2.16. The van der Waals surface area contributed by atoms with Gasteiger partial charge < -0.3 is 15.2 Å². The Labute approximate surface area is 135 Å². The molecule has 0 spiro atoms. The first kappa shape index (κ1) is 18.9. The molecule has 1 rings (SSSR count). The van der Waals surface area contributed by atoms with Crippen LogP contribution in [0.5, 0.6) is 5.75 Å². The third-order valence-electron chi connectivity index (χ3n) is 3.39. The van der Waals surface area contributed by atoms with Crippen LogP contribution in [0.15, 0.2) is 18.2 Å². The van der Waals surface area contributed by atoms with Gasteiger partial charge in [0, 0.05) is 6.42 Å². The third-order valence-corrected chi connectivity index (χ3v) is 3.39. The molecule has 1 amide bonds. The maximum atomic E-state index is 13.7. The number of rotatable bonds is 7. The van der Waals surface area contributed by atoms with Crippen molar-refractivity contribution in [2.24, 2.45) is 5.41 Å². The molecule has 0 fully saturated rings. The van der Waals surface area contributed by atoms with Crippen molar-refractivity contribution in [3.05, 3.63) is 29.6 Å². The summed E-state index contributed by atoms with van der Waals surface area (Å²) in [6.45, 7) is 6.22. The van der Waals surface area contributed by atoms with Crippen LogP contribution in [0.2, 0.25) is 0 Å². The second-order valence-corrected chi connectivity index (χ2v) is 6.65. The summed E-state index contributed by atoms with van der Waals surface area (Å²) in [6, 6.07) is 2.55. The van der Waals surface area contributed by atoms with Crippen molar-refractivity contribution in [3.63, 3.8) is 0 Å². The molecule has 1 aromatic carbocycles. The number of halogens is 1. The van der Waals surface area contributed by atoms with Crippen molar-refractivity contribution in [2.45, 2.75) is 46.1 Å². The van der Waals surface area contributed by atoms with E-state index in [1.165, 1.54) is 19.2 Å². The Morgan fingerprint density at radius 3 is 2.48 bits per heavy atom. The summed E-state index contributed by atoms with van der Waals surface area (Å²) in [6.07, 6.45) is 1.76. The summed E-state index contributed by atoms with van der Waals surface area (Å²) < 4.78 is 18.5. The summed E-state index contributed by atoms with van der Waals surface area (Å²) in [5, 5.41) is 11.7. The number of carboxylic acid groups (broad SMARTS) is 1. The molecule has 23 heavy (non-hydrogen) atoms. The quantitative estimate of drug-likeness (QED) is 0.806. The highest BCUT2D eigenvalue weighted by Gasteiger charge is 2.23. The average Bonchev–Trinajstić information content (AvgIpc) is 2.43. The minimum atomic E-state index is -1.28. The first-order chi connectivity index (χ1) is 10.6. The monoisotopic (exact) mass is 325 g/mol. The lowest BCUT2D eigenvalue weighted by atomic mass is 9.90. The lowest BCUT2D eigenvalue weighted by molar-refractivity contribution is -0.142. The molecule has 0 saturated carbocycles. The van der Waals surface area contributed by atoms with Crippen molar-refractivity contribution in [2.75, 3.05) is 7.11 Å². The number of nitrogens with one attached hydrogen (secondary N) is 1. The summed E-state index contributed by atoms with van der Waals surface area (Å²) >= 11 is 0. The van der Waals surface area contributed by atoms with E-state index >= 15 is 0 Å². The SMILES string of the molecule is COc1ccc(C(NC(=O)CCCC(C)(C)C)C(=O)O)cc1F. The Morgan fingerprint density at radius 1 is 1.35 bits per heavy atom. The van der Waals surface area contributed by atoms with Gasteiger partial charge in [0.05, 0.1) is 7.11 Å². The number of ether oxygens (including phenoxy) is 1. The van der Waals surface area contributed by atoms with Gasteiger partial charge in [0.1, 0.15) is 0 Å². The van der Waals surface area contributed by atoms with Crippen LogP contribution in [0.1, 0.15) is 51.6 Å². The topological polar surface area (TPSA) is 75.6 Å². The van der Waals surface area contributed by atoms with Crippen molar-refractivity contribution in [1.29, 1.82) is 0 Å². The van der Waals surface area contributed by atoms with Crippen LogP contribution in [0.25, 0.3) is 0 Å². The predicted octanol–water partition coefficient (Wildman–Crippen LogP) is 3.29. The number of hydrogen-bond donors (Lipinski definition) is 2. The second-order valence-electron chi connectivity index (χ2n) is 6.65. The first-order valence-electron chi connectivity index (χ1n) is 7.49. The Balaban J connectivity index is 2.74. The fourth-order valence-electron chi connectivity index (χ4n) is 2.16. The van der Waals surface area contributed by atoms with Gasteiger partial charge in [0.15, 0.2) is 17.6 Å². The van der Waals surface area contributed by atoms with E-state index in [0.717, 1.165) is 12.5 Å². The number of amides is 1. The maximum Gasteiger partial charge on any atom is 0.330 e. The van der Waals surface area contributed by atoms with Gasteiger partial charge in [-0.2, -0.15) is 0 Å². The van der Waals surface area contributed by atoms with Crippen LogP contribution in [-0.2, 0) is 9.59 Å². The molecular formula is C17H24FNO4. The van der Waals surface area contributed by atoms with E-state index < -0.39 is 17.8 Å². The van der Waals surface area contributed by atoms with Crippen molar-refractivity contribution >= 4 is 11.9 Å². The highest BCUT2D eigenvalue weighted by Crippen LogP contribution is 2.23. The molecule has 0 aliphatic rings. The molecule has 0 aliphatic heterocycles. The maximum absolute atomic E-state index is 13.7. The van der Waals surface area contributed by atoms with Crippen molar-refractivity contribution in [3.8, 4) is 5.75 Å². The van der Waals surface area contributed by atoms with E-state index in [0.29, 0.717) is 6.42 Å². The van der Waals surface area contributed by atoms with Gasteiger partial charge in [-0.15, -0.1) is 0 Å². The van der Waals surface area contributed by atoms with Crippen LogP contribution in [0.4, 0.5) is 4.39 Å². The minimum Gasteiger partial charge on any atom is -0.494 e. The van der Waals surface area contributed by atoms with Crippen LogP contribution in [0.3, 0.4) is 0 Å². The summed E-state index contributed by atoms with van der Waals surface area (Å²) in [5.74, 6) is -2.25. The largest absolute Gasteiger partial charge is 0.494 e. The van der Waals surface area contributed by atoms with E-state index in [1.54, 1.807) is 0 Å². The Kier molecular flexibility index (Phi) is 6.54. The molecule has 0 heterocycles. The lowest BCUT2D eigenvalue weighted by Gasteiger charge is -2.19. The summed E-state index contributed by atoms with van der Waals surface area (Å²) in [7, 11) is 1.32. The van der Waals surface area contributed by atoms with E-state index in [-0.39, 0.29) is 29.1 Å². The van der Waals surface area contributed by atoms with Crippen LogP contribution >= 0.6 is 0 Å². The zero-order valence-corrected chi connectivity index (χ0v) is 14.0. The van der Waals surface area contributed by atoms with Gasteiger partial charge in [-0.1, -0.05) is 26.8 Å². The molecular weight excluding hydrogens is 301 g/mol. The summed E-state index contributed by atoms with van der Waals surface area (Å²) in [4.78, 5) is 23.3. The molecule has 1 atom stereocenters. The Bertz CT molecular complexity index is 566. The fraction of sp³-hybridized carbons (Fsp3) is 0.529. The van der Waals surface area contributed by atoms with Crippen LogP contribution < -0.4 is 10.1 Å². The van der Waals surface area contributed by atoms with Gasteiger partial charge >= 0.3 is 5.97 Å². The van der Waals surface area contributed by atoms with Gasteiger partial charge in [-0.05, 0) is 36.0 Å². The zero-order valence-electron chi connectivity index (χ0n) is 14.0. The summed E-state index contributed by atoms with van der Waals surface area (Å²) in [5.41, 5.74) is 0.283. The van der Waals surface area contributed by atoms with Crippen molar-refractivity contribution < 1.29 is 23.8 Å². The van der Waals surface area contributed by atoms with Crippen LogP contribution in [-0.4, -0.2) is 24.1 Å². The molecule has 5 nitrogen and oxygen atoms in total. The third kappa shape index (κ3) is 6.26. The van der Waals surface area contributed by atoms with E-state index in [1.807, 2.05) is 0 Å². The standard InChI is InChI=1S/C17H24FNO4/c1-17(2,3)9-5-6-14(20)19-15(16(21)22)11-7-8-13(23-4)12(18)10-11/h7-8,10,15H,5-6,9H2,1-4H3,(H,19,20)(H,21,22). The molecule has 1 aromatic rings. The highest BCUT2D eigenvalue weighted by molar-refractivity contribution is 5.84. The number of carbonyl (C=O) groups is 2. The Morgan fingerprint density at radius 2 is 2.00 bits per heavy atom. The highest BCUT2D eigenvalue weighted by atomic mass is 19.1. The van der Waals surface area contributed by atoms with Crippen LogP contribution in [0, 0.1) is 11.2 Å². The van der Waals surface area contributed by atoms with Gasteiger partial charge in [0.25, 0.3) is 0 Å².